The van der Waals surface area contributed by atoms with Crippen molar-refractivity contribution in [1.82, 2.24) is 5.32 Å². The molecular weight excluding hydrogens is 209 g/mol. The lowest BCUT2D eigenvalue weighted by Gasteiger charge is -2.26. The maximum Gasteiger partial charge on any atom is 0.328 e. The summed E-state index contributed by atoms with van der Waals surface area (Å²) in [7, 11) is 0. The van der Waals surface area contributed by atoms with E-state index in [1.165, 1.54) is 12.1 Å². The molecule has 1 atom stereocenters. The van der Waals surface area contributed by atoms with Gasteiger partial charge in [0.05, 0.1) is 0 Å². The molecule has 0 amide bonds. The third-order valence-electron chi connectivity index (χ3n) is 3.14. The van der Waals surface area contributed by atoms with E-state index in [0.717, 1.165) is 5.56 Å². The molecule has 3 nitrogen and oxygen atoms in total. The van der Waals surface area contributed by atoms with Crippen LogP contribution in [0.5, 0.6) is 0 Å². The van der Waals surface area contributed by atoms with Crippen LogP contribution >= 0.6 is 0 Å². The predicted octanol–water partition coefficient (Wildman–Crippen LogP) is 1.66. The summed E-state index contributed by atoms with van der Waals surface area (Å²) in [6.45, 7) is 2.44. The Bertz CT molecular complexity index is 433. The molecule has 1 aliphatic rings. The number of halogens is 1. The Balaban J connectivity index is 2.50. The standard InChI is InChI=1S/C12H14FNO2/c1-2-14-12(11(15)16)6-5-8-7-9(13)3-4-10(8)12/h3-4,7,14H,2,5-6H2,1H3,(H,15,16). The minimum atomic E-state index is -1.03. The molecule has 0 fully saturated rings. The number of aryl methyl sites for hydroxylation is 1. The molecule has 2 rings (SSSR count). The molecular formula is C12H14FNO2. The van der Waals surface area contributed by atoms with Gasteiger partial charge in [-0.2, -0.15) is 0 Å². The molecule has 1 aliphatic carbocycles. The summed E-state index contributed by atoms with van der Waals surface area (Å²) < 4.78 is 13.0. The van der Waals surface area contributed by atoms with Gasteiger partial charge in [-0.3, -0.25) is 5.32 Å². The summed E-state index contributed by atoms with van der Waals surface area (Å²) in [5.74, 6) is -1.20. The highest BCUT2D eigenvalue weighted by molar-refractivity contribution is 5.82. The summed E-state index contributed by atoms with van der Waals surface area (Å²) in [6, 6.07) is 4.32. The predicted molar refractivity (Wildman–Crippen MR) is 57.7 cm³/mol. The first-order valence-corrected chi connectivity index (χ1v) is 5.37. The third kappa shape index (κ3) is 1.50. The van der Waals surface area contributed by atoms with Crippen molar-refractivity contribution in [2.75, 3.05) is 6.54 Å². The number of likely N-dealkylation sites (N-methyl/N-ethyl adjacent to an activating group) is 1. The van der Waals surface area contributed by atoms with Crippen LogP contribution in [-0.2, 0) is 16.8 Å². The zero-order valence-corrected chi connectivity index (χ0v) is 9.09. The van der Waals surface area contributed by atoms with Crippen molar-refractivity contribution in [2.45, 2.75) is 25.3 Å². The Morgan fingerprint density at radius 3 is 3.00 bits per heavy atom. The van der Waals surface area contributed by atoms with Gasteiger partial charge in [0.1, 0.15) is 11.4 Å². The molecule has 1 aromatic rings. The Morgan fingerprint density at radius 2 is 2.38 bits per heavy atom. The Morgan fingerprint density at radius 1 is 1.62 bits per heavy atom. The van der Waals surface area contributed by atoms with Crippen LogP contribution in [0.4, 0.5) is 4.39 Å². The van der Waals surface area contributed by atoms with Crippen molar-refractivity contribution in [1.29, 1.82) is 0 Å². The van der Waals surface area contributed by atoms with Crippen LogP contribution in [-0.4, -0.2) is 17.6 Å². The number of carboxylic acid groups (broad SMARTS) is 1. The number of fused-ring (bicyclic) bond motifs is 1. The third-order valence-corrected chi connectivity index (χ3v) is 3.14. The fourth-order valence-electron chi connectivity index (χ4n) is 2.43. The van der Waals surface area contributed by atoms with E-state index in [9.17, 15) is 14.3 Å². The average molecular weight is 223 g/mol. The molecule has 4 heteroatoms. The van der Waals surface area contributed by atoms with Gasteiger partial charge in [0, 0.05) is 0 Å². The van der Waals surface area contributed by atoms with Crippen molar-refractivity contribution < 1.29 is 14.3 Å². The van der Waals surface area contributed by atoms with Crippen molar-refractivity contribution in [2.24, 2.45) is 0 Å². The molecule has 0 heterocycles. The van der Waals surface area contributed by atoms with Crippen molar-refractivity contribution in [3.8, 4) is 0 Å². The molecule has 0 spiro atoms. The monoisotopic (exact) mass is 223 g/mol. The van der Waals surface area contributed by atoms with Crippen molar-refractivity contribution in [3.05, 3.63) is 35.1 Å². The van der Waals surface area contributed by atoms with Gasteiger partial charge in [0.2, 0.25) is 0 Å². The topological polar surface area (TPSA) is 49.3 Å². The molecule has 1 unspecified atom stereocenters. The van der Waals surface area contributed by atoms with Gasteiger partial charge in [0.25, 0.3) is 0 Å². The zero-order chi connectivity index (χ0) is 11.8. The van der Waals surface area contributed by atoms with E-state index in [4.69, 9.17) is 0 Å². The van der Waals surface area contributed by atoms with Crippen LogP contribution in [0.25, 0.3) is 0 Å². The summed E-state index contributed by atoms with van der Waals surface area (Å²) in [5, 5.41) is 12.4. The fourth-order valence-corrected chi connectivity index (χ4v) is 2.43. The first kappa shape index (κ1) is 11.1. The zero-order valence-electron chi connectivity index (χ0n) is 9.09. The van der Waals surface area contributed by atoms with Crippen molar-refractivity contribution >= 4 is 5.97 Å². The normalized spacial score (nSPS) is 23.1. The van der Waals surface area contributed by atoms with E-state index < -0.39 is 11.5 Å². The second-order valence-electron chi connectivity index (χ2n) is 4.04. The van der Waals surface area contributed by atoms with Crippen LogP contribution < -0.4 is 5.32 Å². The van der Waals surface area contributed by atoms with E-state index in [2.05, 4.69) is 5.32 Å². The average Bonchev–Trinajstić information content (AvgIpc) is 2.58. The summed E-state index contributed by atoms with van der Waals surface area (Å²) in [5.41, 5.74) is 0.462. The number of hydrogen-bond acceptors (Lipinski definition) is 2. The van der Waals surface area contributed by atoms with Crippen LogP contribution in [0.3, 0.4) is 0 Å². The van der Waals surface area contributed by atoms with E-state index in [1.807, 2.05) is 6.92 Å². The minimum Gasteiger partial charge on any atom is -0.480 e. The van der Waals surface area contributed by atoms with Gasteiger partial charge in [-0.05, 0) is 42.6 Å². The largest absolute Gasteiger partial charge is 0.480 e. The molecule has 0 aliphatic heterocycles. The van der Waals surface area contributed by atoms with Gasteiger partial charge >= 0.3 is 5.97 Å². The van der Waals surface area contributed by atoms with Gasteiger partial charge in [-0.1, -0.05) is 13.0 Å². The molecule has 86 valence electrons. The highest BCUT2D eigenvalue weighted by Gasteiger charge is 2.44. The number of aliphatic carboxylic acids is 1. The SMILES string of the molecule is CCNC1(C(=O)O)CCc2cc(F)ccc21. The molecule has 0 aromatic heterocycles. The lowest BCUT2D eigenvalue weighted by atomic mass is 9.92. The molecule has 0 radical (unpaired) electrons. The van der Waals surface area contributed by atoms with Crippen LogP contribution in [0.1, 0.15) is 24.5 Å². The second-order valence-corrected chi connectivity index (χ2v) is 4.04. The van der Waals surface area contributed by atoms with E-state index in [1.54, 1.807) is 6.07 Å². The quantitative estimate of drug-likeness (QED) is 0.819. The molecule has 16 heavy (non-hydrogen) atoms. The van der Waals surface area contributed by atoms with Crippen molar-refractivity contribution in [3.63, 3.8) is 0 Å². The highest BCUT2D eigenvalue weighted by atomic mass is 19.1. The molecule has 1 aromatic carbocycles. The van der Waals surface area contributed by atoms with Gasteiger partial charge in [-0.15, -0.1) is 0 Å². The fraction of sp³-hybridized carbons (Fsp3) is 0.417. The molecule has 0 saturated carbocycles. The number of benzene rings is 1. The summed E-state index contributed by atoms with van der Waals surface area (Å²) in [4.78, 5) is 11.4. The smallest absolute Gasteiger partial charge is 0.328 e. The first-order valence-electron chi connectivity index (χ1n) is 5.37. The van der Waals surface area contributed by atoms with Gasteiger partial charge in [0.15, 0.2) is 0 Å². The van der Waals surface area contributed by atoms with Gasteiger partial charge in [-0.25, -0.2) is 9.18 Å². The Kier molecular flexibility index (Phi) is 2.68. The van der Waals surface area contributed by atoms with Crippen LogP contribution in [0, 0.1) is 5.82 Å². The number of carboxylic acids is 1. The number of carbonyl (C=O) groups is 1. The van der Waals surface area contributed by atoms with E-state index >= 15 is 0 Å². The molecule has 0 saturated heterocycles. The number of rotatable bonds is 3. The maximum atomic E-state index is 13.0. The lowest BCUT2D eigenvalue weighted by molar-refractivity contribution is -0.145. The Labute approximate surface area is 93.3 Å². The van der Waals surface area contributed by atoms with Crippen LogP contribution in [0.2, 0.25) is 0 Å². The number of hydrogen-bond donors (Lipinski definition) is 2. The molecule has 0 bridgehead atoms. The van der Waals surface area contributed by atoms with E-state index in [-0.39, 0.29) is 5.82 Å². The maximum absolute atomic E-state index is 13.0. The highest BCUT2D eigenvalue weighted by Crippen LogP contribution is 2.37. The summed E-state index contributed by atoms with van der Waals surface area (Å²) in [6.07, 6.45) is 1.08. The van der Waals surface area contributed by atoms with Gasteiger partial charge < -0.3 is 5.11 Å². The number of nitrogens with one attached hydrogen (secondary N) is 1. The first-order chi connectivity index (χ1) is 7.60. The lowest BCUT2D eigenvalue weighted by Crippen LogP contribution is -2.47. The minimum absolute atomic E-state index is 0.309. The molecule has 2 N–H and O–H groups in total. The second kappa shape index (κ2) is 3.87. The van der Waals surface area contributed by atoms with Crippen LogP contribution in [0.15, 0.2) is 18.2 Å². The van der Waals surface area contributed by atoms with E-state index in [0.29, 0.717) is 24.9 Å². The summed E-state index contributed by atoms with van der Waals surface area (Å²) >= 11 is 0. The Hall–Kier alpha value is -1.42.